The van der Waals surface area contributed by atoms with Crippen LogP contribution in [0.1, 0.15) is 67.0 Å². The standard InChI is InChI=1S/C34H34N2O5S/c1-5-6-7-14-40-25-11-8-22(9-12-25)30-28(31(37)23-10-13-26-24(18-23)17-21(4)41-26)32(38)33(39)36(30)34-35-29-20(3)15-19(2)16-27(29)42-34/h8-13,15-16,18,21,30,37H,5-7,14,17H2,1-4H3/b31-28+/t21-,30+/m0/s1. The third-order valence-electron chi connectivity index (χ3n) is 7.85. The number of anilines is 1. The molecule has 42 heavy (non-hydrogen) atoms. The SMILES string of the molecule is CCCCCOc1ccc([C@@H]2/C(=C(\O)c3ccc4c(c3)C[C@H](C)O4)C(=O)C(=O)N2c2nc3c(C)cc(C)cc3s2)cc1. The lowest BCUT2D eigenvalue weighted by Crippen LogP contribution is -2.29. The van der Waals surface area contributed by atoms with Gasteiger partial charge in [-0.2, -0.15) is 0 Å². The van der Waals surface area contributed by atoms with Gasteiger partial charge in [-0.25, -0.2) is 4.98 Å². The zero-order valence-electron chi connectivity index (χ0n) is 24.3. The normalized spacial score (nSPS) is 19.4. The lowest BCUT2D eigenvalue weighted by atomic mass is 9.94. The van der Waals surface area contributed by atoms with E-state index < -0.39 is 17.7 Å². The van der Waals surface area contributed by atoms with Crippen molar-refractivity contribution in [1.29, 1.82) is 0 Å². The van der Waals surface area contributed by atoms with Gasteiger partial charge in [0.15, 0.2) is 5.13 Å². The Balaban J connectivity index is 1.45. The number of aliphatic hydroxyl groups is 1. The molecule has 1 saturated heterocycles. The minimum atomic E-state index is -0.857. The molecule has 0 bridgehead atoms. The first kappa shape index (κ1) is 28.0. The number of fused-ring (bicyclic) bond motifs is 2. The van der Waals surface area contributed by atoms with Crippen molar-refractivity contribution in [3.05, 3.63) is 88.0 Å². The summed E-state index contributed by atoms with van der Waals surface area (Å²) in [6, 6.07) is 16.0. The van der Waals surface area contributed by atoms with Crippen molar-refractivity contribution in [2.45, 2.75) is 65.5 Å². The predicted octanol–water partition coefficient (Wildman–Crippen LogP) is 7.43. The number of nitrogens with zero attached hydrogens (tertiary/aromatic N) is 2. The molecule has 0 spiro atoms. The van der Waals surface area contributed by atoms with Crippen molar-refractivity contribution in [2.24, 2.45) is 0 Å². The van der Waals surface area contributed by atoms with Gasteiger partial charge in [0, 0.05) is 12.0 Å². The summed E-state index contributed by atoms with van der Waals surface area (Å²) in [5, 5.41) is 12.1. The summed E-state index contributed by atoms with van der Waals surface area (Å²) < 4.78 is 12.7. The van der Waals surface area contributed by atoms with Gasteiger partial charge in [0.2, 0.25) is 0 Å². The Morgan fingerprint density at radius 2 is 1.88 bits per heavy atom. The van der Waals surface area contributed by atoms with Gasteiger partial charge in [0.1, 0.15) is 23.4 Å². The Hall–Kier alpha value is -4.17. The molecule has 1 amide bonds. The van der Waals surface area contributed by atoms with E-state index in [1.165, 1.54) is 16.2 Å². The molecule has 216 valence electrons. The van der Waals surface area contributed by atoms with E-state index in [1.54, 1.807) is 6.07 Å². The molecule has 4 aromatic rings. The molecule has 3 heterocycles. The number of hydrogen-bond donors (Lipinski definition) is 1. The van der Waals surface area contributed by atoms with Crippen LogP contribution in [0.2, 0.25) is 0 Å². The van der Waals surface area contributed by atoms with Gasteiger partial charge in [0.25, 0.3) is 5.78 Å². The van der Waals surface area contributed by atoms with Gasteiger partial charge in [0.05, 0.1) is 28.4 Å². The summed E-state index contributed by atoms with van der Waals surface area (Å²) in [6.45, 7) is 8.77. The Labute approximate surface area is 249 Å². The number of aliphatic hydroxyl groups excluding tert-OH is 1. The quantitative estimate of drug-likeness (QED) is 0.101. The van der Waals surface area contributed by atoms with Crippen LogP contribution in [-0.4, -0.2) is 34.5 Å². The van der Waals surface area contributed by atoms with Crippen molar-refractivity contribution in [3.8, 4) is 11.5 Å². The van der Waals surface area contributed by atoms with Gasteiger partial charge < -0.3 is 14.6 Å². The van der Waals surface area contributed by atoms with Crippen LogP contribution in [0.4, 0.5) is 5.13 Å². The summed E-state index contributed by atoms with van der Waals surface area (Å²) in [5.74, 6) is -0.185. The molecule has 7 nitrogen and oxygen atoms in total. The highest BCUT2D eigenvalue weighted by Gasteiger charge is 2.48. The van der Waals surface area contributed by atoms with Crippen LogP contribution >= 0.6 is 11.3 Å². The van der Waals surface area contributed by atoms with Gasteiger partial charge in [-0.1, -0.05) is 49.3 Å². The Kier molecular flexibility index (Phi) is 7.49. The number of thiazole rings is 1. The monoisotopic (exact) mass is 582 g/mol. The molecule has 6 rings (SSSR count). The van der Waals surface area contributed by atoms with Crippen molar-refractivity contribution in [2.75, 3.05) is 11.5 Å². The van der Waals surface area contributed by atoms with E-state index in [1.807, 2.05) is 63.2 Å². The second kappa shape index (κ2) is 11.2. The molecule has 0 saturated carbocycles. The number of aromatic nitrogens is 1. The second-order valence-electron chi connectivity index (χ2n) is 11.2. The Morgan fingerprint density at radius 1 is 1.10 bits per heavy atom. The largest absolute Gasteiger partial charge is 0.507 e. The smallest absolute Gasteiger partial charge is 0.301 e. The fourth-order valence-electron chi connectivity index (χ4n) is 5.82. The number of carbonyl (C=O) groups excluding carboxylic acids is 2. The molecule has 1 N–H and O–H groups in total. The molecule has 0 radical (unpaired) electrons. The molecule has 2 aliphatic rings. The van der Waals surface area contributed by atoms with E-state index >= 15 is 0 Å². The summed E-state index contributed by atoms with van der Waals surface area (Å²) in [5.41, 5.74) is 5.04. The maximum Gasteiger partial charge on any atom is 0.301 e. The number of rotatable bonds is 8. The lowest BCUT2D eigenvalue weighted by Gasteiger charge is -2.23. The van der Waals surface area contributed by atoms with Crippen LogP contribution in [0.25, 0.3) is 16.0 Å². The highest BCUT2D eigenvalue weighted by atomic mass is 32.1. The summed E-state index contributed by atoms with van der Waals surface area (Å²) >= 11 is 1.37. The van der Waals surface area contributed by atoms with Crippen LogP contribution in [0.15, 0.2) is 60.2 Å². The van der Waals surface area contributed by atoms with Crippen molar-refractivity contribution in [1.82, 2.24) is 4.98 Å². The van der Waals surface area contributed by atoms with Crippen LogP contribution in [-0.2, 0) is 16.0 Å². The third kappa shape index (κ3) is 5.04. The van der Waals surface area contributed by atoms with Gasteiger partial charge >= 0.3 is 5.91 Å². The molecule has 2 aliphatic heterocycles. The van der Waals surface area contributed by atoms with Crippen LogP contribution < -0.4 is 14.4 Å². The maximum absolute atomic E-state index is 13.7. The average molecular weight is 583 g/mol. The maximum atomic E-state index is 13.7. The number of ether oxygens (including phenoxy) is 2. The van der Waals surface area contributed by atoms with Gasteiger partial charge in [-0.3, -0.25) is 14.5 Å². The number of benzene rings is 3. The zero-order valence-corrected chi connectivity index (χ0v) is 25.1. The topological polar surface area (TPSA) is 89.0 Å². The number of Topliss-reactive ketones (excluding diaryl/α,β-unsaturated/α-hetero) is 1. The number of carbonyl (C=O) groups is 2. The number of unbranched alkanes of at least 4 members (excludes halogenated alkanes) is 2. The zero-order chi connectivity index (χ0) is 29.5. The molecule has 3 aromatic carbocycles. The summed E-state index contributed by atoms with van der Waals surface area (Å²) in [4.78, 5) is 33.7. The molecular formula is C34H34N2O5S. The van der Waals surface area contributed by atoms with E-state index in [-0.39, 0.29) is 17.4 Å². The number of amides is 1. The van der Waals surface area contributed by atoms with E-state index in [9.17, 15) is 14.7 Å². The van der Waals surface area contributed by atoms with E-state index in [0.717, 1.165) is 51.9 Å². The molecule has 2 atom stereocenters. The number of aryl methyl sites for hydroxylation is 2. The fraction of sp³-hybridized carbons (Fsp3) is 0.324. The molecular weight excluding hydrogens is 548 g/mol. The van der Waals surface area contributed by atoms with Gasteiger partial charge in [-0.15, -0.1) is 0 Å². The van der Waals surface area contributed by atoms with E-state index in [4.69, 9.17) is 14.5 Å². The number of ketones is 1. The first-order valence-corrected chi connectivity index (χ1v) is 15.3. The third-order valence-corrected chi connectivity index (χ3v) is 8.85. The molecule has 1 fully saturated rings. The highest BCUT2D eigenvalue weighted by molar-refractivity contribution is 7.22. The van der Waals surface area contributed by atoms with E-state index in [2.05, 4.69) is 13.0 Å². The average Bonchev–Trinajstić information content (AvgIpc) is 3.63. The van der Waals surface area contributed by atoms with Crippen molar-refractivity contribution in [3.63, 3.8) is 0 Å². The number of hydrogen-bond acceptors (Lipinski definition) is 7. The summed E-state index contributed by atoms with van der Waals surface area (Å²) in [6.07, 6.45) is 3.93. The molecule has 0 aliphatic carbocycles. The van der Waals surface area contributed by atoms with Crippen molar-refractivity contribution >= 4 is 44.1 Å². The minimum absolute atomic E-state index is 0.0377. The second-order valence-corrected chi connectivity index (χ2v) is 12.2. The first-order chi connectivity index (χ1) is 20.2. The van der Waals surface area contributed by atoms with Crippen LogP contribution in [0.3, 0.4) is 0 Å². The fourth-order valence-corrected chi connectivity index (χ4v) is 6.99. The lowest BCUT2D eigenvalue weighted by molar-refractivity contribution is -0.132. The Morgan fingerprint density at radius 3 is 2.64 bits per heavy atom. The highest BCUT2D eigenvalue weighted by Crippen LogP contribution is 2.45. The molecule has 1 aromatic heterocycles. The van der Waals surface area contributed by atoms with Crippen LogP contribution in [0.5, 0.6) is 11.5 Å². The first-order valence-electron chi connectivity index (χ1n) is 14.5. The van der Waals surface area contributed by atoms with E-state index in [0.29, 0.717) is 35.0 Å². The Bertz CT molecular complexity index is 1720. The van der Waals surface area contributed by atoms with Crippen LogP contribution in [0, 0.1) is 13.8 Å². The van der Waals surface area contributed by atoms with Crippen molar-refractivity contribution < 1.29 is 24.2 Å². The van der Waals surface area contributed by atoms with Gasteiger partial charge in [-0.05, 0) is 85.8 Å². The predicted molar refractivity (Wildman–Crippen MR) is 166 cm³/mol. The molecule has 8 heteroatoms. The molecule has 0 unspecified atom stereocenters. The summed E-state index contributed by atoms with van der Waals surface area (Å²) in [7, 11) is 0. The minimum Gasteiger partial charge on any atom is -0.507 e.